The van der Waals surface area contributed by atoms with E-state index in [1.54, 1.807) is 12.3 Å². The van der Waals surface area contributed by atoms with Crippen molar-refractivity contribution in [2.24, 2.45) is 5.41 Å². The van der Waals surface area contributed by atoms with Crippen LogP contribution in [0.5, 0.6) is 0 Å². The van der Waals surface area contributed by atoms with Gasteiger partial charge in [-0.05, 0) is 57.3 Å². The van der Waals surface area contributed by atoms with Gasteiger partial charge in [0.05, 0.1) is 5.56 Å². The molecule has 1 aliphatic heterocycles. The Hall–Kier alpha value is -1.62. The van der Waals surface area contributed by atoms with Crippen LogP contribution in [0.15, 0.2) is 18.3 Å². The van der Waals surface area contributed by atoms with E-state index in [9.17, 15) is 4.79 Å². The summed E-state index contributed by atoms with van der Waals surface area (Å²) < 4.78 is 0. The molecule has 0 aliphatic carbocycles. The van der Waals surface area contributed by atoms with Gasteiger partial charge in [0, 0.05) is 18.8 Å². The number of nitrogens with zero attached hydrogens (tertiary/aromatic N) is 1. The molecule has 5 nitrogen and oxygen atoms in total. The van der Waals surface area contributed by atoms with Crippen molar-refractivity contribution in [3.8, 4) is 0 Å². The van der Waals surface area contributed by atoms with E-state index in [1.165, 1.54) is 0 Å². The van der Waals surface area contributed by atoms with Crippen LogP contribution in [-0.4, -0.2) is 36.6 Å². The highest BCUT2D eigenvalue weighted by Crippen LogP contribution is 2.27. The van der Waals surface area contributed by atoms with E-state index in [2.05, 4.69) is 27.9 Å². The van der Waals surface area contributed by atoms with Gasteiger partial charge in [0.1, 0.15) is 5.82 Å². The first kappa shape index (κ1) is 15.8. The number of hydrogen-bond acceptors (Lipinski definition) is 4. The Bertz CT molecular complexity index is 481. The Labute approximate surface area is 126 Å². The lowest BCUT2D eigenvalue weighted by molar-refractivity contribution is 0.0922. The smallest absolute Gasteiger partial charge is 0.255 e. The number of rotatable bonds is 5. The van der Waals surface area contributed by atoms with E-state index in [4.69, 9.17) is 0 Å². The molecule has 1 aliphatic rings. The molecule has 0 radical (unpaired) electrons. The lowest BCUT2D eigenvalue weighted by atomic mass is 9.81. The van der Waals surface area contributed by atoms with Crippen LogP contribution < -0.4 is 16.0 Å². The van der Waals surface area contributed by atoms with E-state index in [1.807, 2.05) is 19.9 Å². The second-order valence-electron chi connectivity index (χ2n) is 6.44. The number of amides is 1. The number of anilines is 1. The Morgan fingerprint density at radius 2 is 2.14 bits per heavy atom. The van der Waals surface area contributed by atoms with E-state index >= 15 is 0 Å². The minimum atomic E-state index is -0.0500. The minimum absolute atomic E-state index is 0.0500. The fourth-order valence-corrected chi connectivity index (χ4v) is 2.57. The lowest BCUT2D eigenvalue weighted by Crippen LogP contribution is -2.43. The summed E-state index contributed by atoms with van der Waals surface area (Å²) in [6, 6.07) is 3.86. The number of pyridine rings is 1. The highest BCUT2D eigenvalue weighted by atomic mass is 16.1. The van der Waals surface area contributed by atoms with Crippen molar-refractivity contribution in [2.45, 2.75) is 39.7 Å². The number of piperidine rings is 1. The number of hydrogen-bond donors (Lipinski definition) is 3. The fraction of sp³-hybridized carbons (Fsp3) is 0.625. The highest BCUT2D eigenvalue weighted by molar-refractivity contribution is 5.98. The van der Waals surface area contributed by atoms with Crippen molar-refractivity contribution in [1.82, 2.24) is 15.6 Å². The lowest BCUT2D eigenvalue weighted by Gasteiger charge is -2.34. The number of carbonyl (C=O) groups is 1. The summed E-state index contributed by atoms with van der Waals surface area (Å²) in [7, 11) is 0. The molecule has 5 heteroatoms. The zero-order valence-corrected chi connectivity index (χ0v) is 13.2. The molecule has 21 heavy (non-hydrogen) atoms. The SMILES string of the molecule is CC(C)Nc1ncccc1C(=O)NCC1(C)CCNCC1. The van der Waals surface area contributed by atoms with Crippen LogP contribution in [0.2, 0.25) is 0 Å². The average molecular weight is 290 g/mol. The molecule has 0 saturated carbocycles. The third-order valence-corrected chi connectivity index (χ3v) is 3.96. The van der Waals surface area contributed by atoms with Gasteiger partial charge >= 0.3 is 0 Å². The van der Waals surface area contributed by atoms with E-state index in [0.29, 0.717) is 17.9 Å². The van der Waals surface area contributed by atoms with Crippen LogP contribution in [0, 0.1) is 5.41 Å². The third kappa shape index (κ3) is 4.43. The maximum atomic E-state index is 12.4. The van der Waals surface area contributed by atoms with Gasteiger partial charge in [-0.1, -0.05) is 6.92 Å². The molecule has 2 rings (SSSR count). The van der Waals surface area contributed by atoms with Gasteiger partial charge in [-0.2, -0.15) is 0 Å². The van der Waals surface area contributed by atoms with Gasteiger partial charge < -0.3 is 16.0 Å². The second kappa shape index (κ2) is 6.89. The van der Waals surface area contributed by atoms with Gasteiger partial charge in [0.15, 0.2) is 0 Å². The molecule has 0 unspecified atom stereocenters. The molecule has 1 saturated heterocycles. The molecule has 3 N–H and O–H groups in total. The van der Waals surface area contributed by atoms with Crippen molar-refractivity contribution < 1.29 is 4.79 Å². The van der Waals surface area contributed by atoms with Gasteiger partial charge in [-0.15, -0.1) is 0 Å². The minimum Gasteiger partial charge on any atom is -0.367 e. The Balaban J connectivity index is 2.00. The summed E-state index contributed by atoms with van der Waals surface area (Å²) in [6.07, 6.45) is 3.89. The van der Waals surface area contributed by atoms with Crippen LogP contribution in [0.4, 0.5) is 5.82 Å². The molecule has 0 spiro atoms. The molecule has 1 aromatic heterocycles. The number of aromatic nitrogens is 1. The van der Waals surface area contributed by atoms with Crippen molar-refractivity contribution in [3.63, 3.8) is 0 Å². The van der Waals surface area contributed by atoms with Gasteiger partial charge in [0.2, 0.25) is 0 Å². The van der Waals surface area contributed by atoms with Crippen LogP contribution in [0.1, 0.15) is 44.0 Å². The second-order valence-corrected chi connectivity index (χ2v) is 6.44. The standard InChI is InChI=1S/C16H26N4O/c1-12(2)20-14-13(5-4-8-18-14)15(21)19-11-16(3)6-9-17-10-7-16/h4-5,8,12,17H,6-7,9-11H2,1-3H3,(H,18,20)(H,19,21). The molecule has 1 amide bonds. The molecule has 116 valence electrons. The molecule has 0 atom stereocenters. The maximum Gasteiger partial charge on any atom is 0.255 e. The summed E-state index contributed by atoms with van der Waals surface area (Å²) >= 11 is 0. The number of nitrogens with one attached hydrogen (secondary N) is 3. The van der Waals surface area contributed by atoms with Crippen LogP contribution in [0.3, 0.4) is 0 Å². The van der Waals surface area contributed by atoms with Crippen molar-refractivity contribution in [2.75, 3.05) is 25.0 Å². The highest BCUT2D eigenvalue weighted by Gasteiger charge is 2.27. The van der Waals surface area contributed by atoms with Crippen LogP contribution in [-0.2, 0) is 0 Å². The normalized spacial score (nSPS) is 17.5. The first-order valence-corrected chi connectivity index (χ1v) is 7.71. The topological polar surface area (TPSA) is 66.0 Å². The largest absolute Gasteiger partial charge is 0.367 e. The third-order valence-electron chi connectivity index (χ3n) is 3.96. The Kier molecular flexibility index (Phi) is 5.17. The average Bonchev–Trinajstić information content (AvgIpc) is 2.46. The zero-order chi connectivity index (χ0) is 15.3. The number of carbonyl (C=O) groups excluding carboxylic acids is 1. The van der Waals surface area contributed by atoms with Crippen molar-refractivity contribution >= 4 is 11.7 Å². The monoisotopic (exact) mass is 290 g/mol. The van der Waals surface area contributed by atoms with Gasteiger partial charge in [-0.3, -0.25) is 4.79 Å². The quantitative estimate of drug-likeness (QED) is 0.776. The fourth-order valence-electron chi connectivity index (χ4n) is 2.57. The molecular formula is C16H26N4O. The molecule has 1 fully saturated rings. The van der Waals surface area contributed by atoms with Crippen molar-refractivity contribution in [1.29, 1.82) is 0 Å². The van der Waals surface area contributed by atoms with Crippen LogP contribution in [0.25, 0.3) is 0 Å². The van der Waals surface area contributed by atoms with E-state index in [0.717, 1.165) is 25.9 Å². The zero-order valence-electron chi connectivity index (χ0n) is 13.2. The predicted molar refractivity (Wildman–Crippen MR) is 85.5 cm³/mol. The summed E-state index contributed by atoms with van der Waals surface area (Å²) in [6.45, 7) is 9.08. The summed E-state index contributed by atoms with van der Waals surface area (Å²) in [4.78, 5) is 16.7. The van der Waals surface area contributed by atoms with Gasteiger partial charge in [0.25, 0.3) is 5.91 Å². The van der Waals surface area contributed by atoms with Gasteiger partial charge in [-0.25, -0.2) is 4.98 Å². The molecule has 2 heterocycles. The molecule has 0 aromatic carbocycles. The first-order chi connectivity index (χ1) is 10.0. The van der Waals surface area contributed by atoms with E-state index < -0.39 is 0 Å². The summed E-state index contributed by atoms with van der Waals surface area (Å²) in [5, 5.41) is 9.65. The van der Waals surface area contributed by atoms with E-state index in [-0.39, 0.29) is 17.4 Å². The molecule has 0 bridgehead atoms. The Morgan fingerprint density at radius 3 is 2.81 bits per heavy atom. The first-order valence-electron chi connectivity index (χ1n) is 7.71. The molecule has 1 aromatic rings. The summed E-state index contributed by atoms with van der Waals surface area (Å²) in [5.74, 6) is 0.603. The van der Waals surface area contributed by atoms with Crippen LogP contribution >= 0.6 is 0 Å². The predicted octanol–water partition coefficient (Wildman–Crippen LogP) is 2.02. The maximum absolute atomic E-state index is 12.4. The van der Waals surface area contributed by atoms with Crippen molar-refractivity contribution in [3.05, 3.63) is 23.9 Å². The Morgan fingerprint density at radius 1 is 1.43 bits per heavy atom. The summed E-state index contributed by atoms with van der Waals surface area (Å²) in [5.41, 5.74) is 0.804. The molecular weight excluding hydrogens is 264 g/mol.